The molecule has 0 atom stereocenters. The molecule has 0 aromatic carbocycles. The molecule has 0 saturated heterocycles. The number of aliphatic hydroxyl groups is 1. The van der Waals surface area contributed by atoms with Crippen LogP contribution in [-0.4, -0.2) is 16.2 Å². The molecule has 2 fully saturated rings. The number of rotatable bonds is 0. The van der Waals surface area contributed by atoms with Crippen molar-refractivity contribution in [3.05, 3.63) is 0 Å². The summed E-state index contributed by atoms with van der Waals surface area (Å²) in [5, 5.41) is 10.1. The zero-order valence-electron chi connectivity index (χ0n) is 9.39. The minimum Gasteiger partial charge on any atom is -0.378 e. The van der Waals surface area contributed by atoms with E-state index in [2.05, 4.69) is 11.8 Å². The Morgan fingerprint density at radius 1 is 0.800 bits per heavy atom. The van der Waals surface area contributed by atoms with Gasteiger partial charge >= 0.3 is 0 Å². The molecule has 2 nitrogen and oxygen atoms in total. The smallest absolute Gasteiger partial charge is 0.125 e. The van der Waals surface area contributed by atoms with Gasteiger partial charge < -0.3 is 10.8 Å². The molecule has 84 valence electrons. The van der Waals surface area contributed by atoms with E-state index in [-0.39, 0.29) is 5.54 Å². The topological polar surface area (TPSA) is 46.2 Å². The molecule has 2 heteroatoms. The third-order valence-electron chi connectivity index (χ3n) is 3.72. The third-order valence-corrected chi connectivity index (χ3v) is 3.72. The van der Waals surface area contributed by atoms with Gasteiger partial charge in [0.25, 0.3) is 0 Å². The molecule has 2 aliphatic rings. The van der Waals surface area contributed by atoms with Crippen LogP contribution in [0.5, 0.6) is 0 Å². The second-order valence-electron chi connectivity index (χ2n) is 5.21. The molecule has 0 aromatic heterocycles. The molecule has 0 aliphatic heterocycles. The van der Waals surface area contributed by atoms with Crippen LogP contribution in [-0.2, 0) is 0 Å². The van der Waals surface area contributed by atoms with E-state index in [4.69, 9.17) is 5.73 Å². The number of hydrogen-bond donors (Lipinski definition) is 2. The average molecular weight is 207 g/mol. The van der Waals surface area contributed by atoms with Gasteiger partial charge in [-0.1, -0.05) is 31.1 Å². The Kier molecular flexibility index (Phi) is 3.04. The van der Waals surface area contributed by atoms with Crippen LogP contribution in [0.4, 0.5) is 0 Å². The third kappa shape index (κ3) is 2.74. The van der Waals surface area contributed by atoms with Gasteiger partial charge in [-0.05, 0) is 38.5 Å². The zero-order chi connectivity index (χ0) is 10.8. The molecule has 0 spiro atoms. The van der Waals surface area contributed by atoms with Crippen LogP contribution in [0.15, 0.2) is 0 Å². The molecule has 15 heavy (non-hydrogen) atoms. The lowest BCUT2D eigenvalue weighted by Crippen LogP contribution is -2.40. The molecule has 0 aromatic rings. The van der Waals surface area contributed by atoms with Crippen LogP contribution in [0, 0.1) is 11.8 Å². The van der Waals surface area contributed by atoms with Crippen molar-refractivity contribution in [3.8, 4) is 11.8 Å². The summed E-state index contributed by atoms with van der Waals surface area (Å²) < 4.78 is 0. The summed E-state index contributed by atoms with van der Waals surface area (Å²) in [6, 6.07) is 0. The van der Waals surface area contributed by atoms with E-state index in [1.807, 2.05) is 0 Å². The van der Waals surface area contributed by atoms with E-state index in [0.29, 0.717) is 0 Å². The lowest BCUT2D eigenvalue weighted by atomic mass is 9.82. The molecule has 0 radical (unpaired) electrons. The fourth-order valence-corrected chi connectivity index (χ4v) is 2.63. The predicted molar refractivity (Wildman–Crippen MR) is 61.2 cm³/mol. The normalized spacial score (nSPS) is 28.1. The van der Waals surface area contributed by atoms with E-state index < -0.39 is 5.60 Å². The summed E-state index contributed by atoms with van der Waals surface area (Å²) in [5.74, 6) is 6.21. The fraction of sp³-hybridized carbons (Fsp3) is 0.846. The maximum Gasteiger partial charge on any atom is 0.125 e. The summed E-state index contributed by atoms with van der Waals surface area (Å²) in [4.78, 5) is 0. The maximum absolute atomic E-state index is 10.1. The van der Waals surface area contributed by atoms with Crippen LogP contribution < -0.4 is 5.73 Å². The molecular weight excluding hydrogens is 186 g/mol. The van der Waals surface area contributed by atoms with Crippen molar-refractivity contribution < 1.29 is 5.11 Å². The van der Waals surface area contributed by atoms with E-state index in [9.17, 15) is 5.11 Å². The summed E-state index contributed by atoms with van der Waals surface area (Å²) >= 11 is 0. The first-order chi connectivity index (χ1) is 7.12. The van der Waals surface area contributed by atoms with Crippen molar-refractivity contribution in [2.24, 2.45) is 5.73 Å². The first-order valence-corrected chi connectivity index (χ1v) is 6.18. The van der Waals surface area contributed by atoms with Gasteiger partial charge in [0.15, 0.2) is 0 Å². The Bertz CT molecular complexity index is 275. The van der Waals surface area contributed by atoms with Crippen LogP contribution in [0.3, 0.4) is 0 Å². The van der Waals surface area contributed by atoms with Crippen molar-refractivity contribution in [3.63, 3.8) is 0 Å². The van der Waals surface area contributed by atoms with Crippen LogP contribution >= 0.6 is 0 Å². The molecule has 3 N–H and O–H groups in total. The van der Waals surface area contributed by atoms with E-state index in [1.165, 1.54) is 19.3 Å². The minimum atomic E-state index is -0.718. The van der Waals surface area contributed by atoms with Gasteiger partial charge in [0.05, 0.1) is 5.54 Å². The highest BCUT2D eigenvalue weighted by molar-refractivity contribution is 5.24. The molecule has 0 amide bonds. The molecular formula is C13H21NO. The molecule has 0 heterocycles. The van der Waals surface area contributed by atoms with E-state index >= 15 is 0 Å². The van der Waals surface area contributed by atoms with Gasteiger partial charge in [-0.25, -0.2) is 0 Å². The van der Waals surface area contributed by atoms with Gasteiger partial charge in [0, 0.05) is 0 Å². The van der Waals surface area contributed by atoms with Gasteiger partial charge in [0.2, 0.25) is 0 Å². The van der Waals surface area contributed by atoms with Gasteiger partial charge in [-0.15, -0.1) is 0 Å². The van der Waals surface area contributed by atoms with Crippen molar-refractivity contribution in [2.75, 3.05) is 0 Å². The Hall–Kier alpha value is -0.520. The Morgan fingerprint density at radius 2 is 1.33 bits per heavy atom. The number of hydrogen-bond acceptors (Lipinski definition) is 2. The van der Waals surface area contributed by atoms with E-state index in [0.717, 1.165) is 38.5 Å². The van der Waals surface area contributed by atoms with Crippen molar-refractivity contribution in [1.29, 1.82) is 0 Å². The van der Waals surface area contributed by atoms with Crippen LogP contribution in [0.2, 0.25) is 0 Å². The highest BCUT2D eigenvalue weighted by Crippen LogP contribution is 2.30. The second kappa shape index (κ2) is 4.15. The van der Waals surface area contributed by atoms with Crippen LogP contribution in [0.1, 0.15) is 57.8 Å². The van der Waals surface area contributed by atoms with E-state index in [1.54, 1.807) is 0 Å². The van der Waals surface area contributed by atoms with Crippen molar-refractivity contribution >= 4 is 0 Å². The Balaban J connectivity index is 2.02. The summed E-state index contributed by atoms with van der Waals surface area (Å²) in [6.45, 7) is 0. The van der Waals surface area contributed by atoms with Gasteiger partial charge in [-0.2, -0.15) is 0 Å². The van der Waals surface area contributed by atoms with Gasteiger partial charge in [-0.3, -0.25) is 0 Å². The monoisotopic (exact) mass is 207 g/mol. The average Bonchev–Trinajstić information content (AvgIpc) is 2.65. The summed E-state index contributed by atoms with van der Waals surface area (Å²) in [7, 11) is 0. The molecule has 2 rings (SSSR count). The maximum atomic E-state index is 10.1. The van der Waals surface area contributed by atoms with Gasteiger partial charge in [0.1, 0.15) is 5.60 Å². The first kappa shape index (κ1) is 11.0. The van der Waals surface area contributed by atoms with Crippen molar-refractivity contribution in [2.45, 2.75) is 68.9 Å². The zero-order valence-corrected chi connectivity index (χ0v) is 9.39. The number of nitrogens with two attached hydrogens (primary N) is 1. The highest BCUT2D eigenvalue weighted by atomic mass is 16.3. The SMILES string of the molecule is NC1(C#CC2(O)CCCC2)CCCCC1. The fourth-order valence-electron chi connectivity index (χ4n) is 2.63. The summed E-state index contributed by atoms with van der Waals surface area (Å²) in [5.41, 5.74) is 5.18. The summed E-state index contributed by atoms with van der Waals surface area (Å²) in [6.07, 6.45) is 9.50. The first-order valence-electron chi connectivity index (χ1n) is 6.18. The Morgan fingerprint density at radius 3 is 1.93 bits per heavy atom. The standard InChI is InChI=1S/C13H21NO/c14-12(6-2-1-3-7-12)10-11-13(15)8-4-5-9-13/h15H,1-9,14H2. The predicted octanol–water partition coefficient (Wildman–Crippen LogP) is 1.96. The molecule has 0 unspecified atom stereocenters. The molecule has 2 aliphatic carbocycles. The second-order valence-corrected chi connectivity index (χ2v) is 5.21. The largest absolute Gasteiger partial charge is 0.378 e. The molecule has 2 saturated carbocycles. The minimum absolute atomic E-state index is 0.309. The highest BCUT2D eigenvalue weighted by Gasteiger charge is 2.31. The van der Waals surface area contributed by atoms with Crippen molar-refractivity contribution in [1.82, 2.24) is 0 Å². The van der Waals surface area contributed by atoms with Crippen LogP contribution in [0.25, 0.3) is 0 Å². The quantitative estimate of drug-likeness (QED) is 0.596. The lowest BCUT2D eigenvalue weighted by Gasteiger charge is -2.28. The lowest BCUT2D eigenvalue weighted by molar-refractivity contribution is 0.109. The Labute approximate surface area is 92.2 Å². The molecule has 0 bridgehead atoms.